The minimum Gasteiger partial charge on any atom is -0.448 e. The van der Waals surface area contributed by atoms with Crippen LogP contribution in [0.2, 0.25) is 0 Å². The van der Waals surface area contributed by atoms with Gasteiger partial charge >= 0.3 is 6.09 Å². The Hall–Kier alpha value is -2.61. The van der Waals surface area contributed by atoms with Crippen molar-refractivity contribution in [1.82, 2.24) is 24.6 Å². The molecule has 1 fully saturated rings. The van der Waals surface area contributed by atoms with Crippen LogP contribution in [0.25, 0.3) is 16.7 Å². The highest BCUT2D eigenvalue weighted by molar-refractivity contribution is 7.99. The molecule has 0 N–H and O–H groups in total. The minimum atomic E-state index is -0.236. The van der Waals surface area contributed by atoms with Crippen LogP contribution in [-0.2, 0) is 4.74 Å². The lowest BCUT2D eigenvalue weighted by molar-refractivity contribution is 0.160. The summed E-state index contributed by atoms with van der Waals surface area (Å²) in [5, 5.41) is 6.22. The highest BCUT2D eigenvalue weighted by Crippen LogP contribution is 2.25. The second kappa shape index (κ2) is 6.48. The van der Waals surface area contributed by atoms with Crippen LogP contribution >= 0.6 is 11.8 Å². The van der Waals surface area contributed by atoms with Gasteiger partial charge in [-0.05, 0) is 12.1 Å². The van der Waals surface area contributed by atoms with Gasteiger partial charge < -0.3 is 9.64 Å². The molecular formula is C16H15N5O2S. The van der Waals surface area contributed by atoms with Crippen molar-refractivity contribution in [2.45, 2.75) is 5.03 Å². The highest BCUT2D eigenvalue weighted by atomic mass is 32.2. The molecule has 1 aromatic carbocycles. The molecule has 0 unspecified atom stereocenters. The van der Waals surface area contributed by atoms with Crippen LogP contribution in [0.1, 0.15) is 0 Å². The number of fused-ring (bicyclic) bond motifs is 1. The minimum absolute atomic E-state index is 0.236. The van der Waals surface area contributed by atoms with Crippen LogP contribution in [0.4, 0.5) is 4.79 Å². The van der Waals surface area contributed by atoms with E-state index in [1.54, 1.807) is 33.9 Å². The van der Waals surface area contributed by atoms with E-state index in [1.807, 2.05) is 30.3 Å². The third-order valence-corrected chi connectivity index (χ3v) is 4.76. The number of thioether (sulfide) groups is 1. The Morgan fingerprint density at radius 1 is 1.21 bits per heavy atom. The number of hydrogen-bond acceptors (Lipinski definition) is 6. The summed E-state index contributed by atoms with van der Waals surface area (Å²) in [5.41, 5.74) is 1.74. The molecule has 0 atom stereocenters. The number of nitrogens with zero attached hydrogens (tertiary/aromatic N) is 5. The van der Waals surface area contributed by atoms with E-state index < -0.39 is 0 Å². The van der Waals surface area contributed by atoms with Crippen molar-refractivity contribution in [3.8, 4) is 5.69 Å². The monoisotopic (exact) mass is 341 g/mol. The zero-order valence-electron chi connectivity index (χ0n) is 12.8. The van der Waals surface area contributed by atoms with Gasteiger partial charge in [0.25, 0.3) is 0 Å². The average molecular weight is 341 g/mol. The standard InChI is InChI=1S/C16H15N5O2S/c22-16-20(6-8-23-16)7-9-24-15-13-10-19-21(14(13)17-11-18-15)12-4-2-1-3-5-12/h1-5,10-11H,6-9H2. The van der Waals surface area contributed by atoms with Crippen molar-refractivity contribution < 1.29 is 9.53 Å². The first-order valence-electron chi connectivity index (χ1n) is 7.61. The van der Waals surface area contributed by atoms with Crippen molar-refractivity contribution in [2.75, 3.05) is 25.4 Å². The second-order valence-electron chi connectivity index (χ2n) is 5.26. The van der Waals surface area contributed by atoms with Gasteiger partial charge in [-0.15, -0.1) is 11.8 Å². The Labute approximate surface area is 142 Å². The van der Waals surface area contributed by atoms with E-state index in [2.05, 4.69) is 15.1 Å². The Bertz CT molecular complexity index is 867. The van der Waals surface area contributed by atoms with Crippen LogP contribution < -0.4 is 0 Å². The first-order valence-corrected chi connectivity index (χ1v) is 8.60. The highest BCUT2D eigenvalue weighted by Gasteiger charge is 2.21. The topological polar surface area (TPSA) is 73.1 Å². The first-order chi connectivity index (χ1) is 11.8. The van der Waals surface area contributed by atoms with Gasteiger partial charge in [0, 0.05) is 12.3 Å². The third-order valence-electron chi connectivity index (χ3n) is 3.77. The zero-order valence-corrected chi connectivity index (χ0v) is 13.6. The lowest BCUT2D eigenvalue weighted by Crippen LogP contribution is -2.26. The molecule has 0 spiro atoms. The van der Waals surface area contributed by atoms with Crippen molar-refractivity contribution in [2.24, 2.45) is 0 Å². The van der Waals surface area contributed by atoms with Crippen LogP contribution in [-0.4, -0.2) is 56.2 Å². The number of carbonyl (C=O) groups excluding carboxylic acids is 1. The number of aromatic nitrogens is 4. The summed E-state index contributed by atoms with van der Waals surface area (Å²) in [7, 11) is 0. The summed E-state index contributed by atoms with van der Waals surface area (Å²) in [6, 6.07) is 9.87. The Morgan fingerprint density at radius 2 is 2.08 bits per heavy atom. The first kappa shape index (κ1) is 14.9. The number of carbonyl (C=O) groups is 1. The maximum absolute atomic E-state index is 11.4. The molecule has 0 aliphatic carbocycles. The van der Waals surface area contributed by atoms with Gasteiger partial charge in [-0.25, -0.2) is 19.4 Å². The van der Waals surface area contributed by atoms with E-state index in [0.717, 1.165) is 27.5 Å². The van der Waals surface area contributed by atoms with E-state index in [9.17, 15) is 4.79 Å². The van der Waals surface area contributed by atoms with E-state index >= 15 is 0 Å². The van der Waals surface area contributed by atoms with E-state index in [1.165, 1.54) is 0 Å². The predicted molar refractivity (Wildman–Crippen MR) is 90.3 cm³/mol. The number of para-hydroxylation sites is 1. The Balaban J connectivity index is 1.54. The lowest BCUT2D eigenvalue weighted by atomic mass is 10.3. The molecule has 0 saturated carbocycles. The maximum Gasteiger partial charge on any atom is 0.409 e. The molecule has 4 rings (SSSR count). The van der Waals surface area contributed by atoms with Crippen molar-refractivity contribution in [3.05, 3.63) is 42.9 Å². The largest absolute Gasteiger partial charge is 0.448 e. The van der Waals surface area contributed by atoms with Gasteiger partial charge in [0.05, 0.1) is 23.8 Å². The van der Waals surface area contributed by atoms with Crippen molar-refractivity contribution >= 4 is 28.9 Å². The average Bonchev–Trinajstić information content (AvgIpc) is 3.23. The molecular weight excluding hydrogens is 326 g/mol. The van der Waals surface area contributed by atoms with E-state index in [4.69, 9.17) is 4.74 Å². The van der Waals surface area contributed by atoms with Gasteiger partial charge in [-0.3, -0.25) is 0 Å². The number of cyclic esters (lactones) is 1. The molecule has 1 amide bonds. The summed E-state index contributed by atoms with van der Waals surface area (Å²) in [6.45, 7) is 1.78. The van der Waals surface area contributed by atoms with Gasteiger partial charge in [0.15, 0.2) is 5.65 Å². The number of hydrogen-bond donors (Lipinski definition) is 0. The summed E-state index contributed by atoms with van der Waals surface area (Å²) in [6.07, 6.45) is 3.10. The molecule has 3 aromatic rings. The molecule has 0 radical (unpaired) electrons. The smallest absolute Gasteiger partial charge is 0.409 e. The molecule has 1 aliphatic heterocycles. The van der Waals surface area contributed by atoms with Crippen molar-refractivity contribution in [1.29, 1.82) is 0 Å². The van der Waals surface area contributed by atoms with Gasteiger partial charge in [0.2, 0.25) is 0 Å². The fraction of sp³-hybridized carbons (Fsp3) is 0.250. The van der Waals surface area contributed by atoms with Crippen LogP contribution in [0.15, 0.2) is 47.9 Å². The quantitative estimate of drug-likeness (QED) is 0.524. The second-order valence-corrected chi connectivity index (χ2v) is 6.34. The molecule has 7 nitrogen and oxygen atoms in total. The summed E-state index contributed by atoms with van der Waals surface area (Å²) in [5.74, 6) is 0.748. The molecule has 2 aromatic heterocycles. The van der Waals surface area contributed by atoms with Crippen molar-refractivity contribution in [3.63, 3.8) is 0 Å². The molecule has 1 aliphatic rings. The predicted octanol–water partition coefficient (Wildman–Crippen LogP) is 2.36. The Kier molecular flexibility index (Phi) is 4.04. The number of benzene rings is 1. The van der Waals surface area contributed by atoms with Gasteiger partial charge in [0.1, 0.15) is 18.0 Å². The molecule has 0 bridgehead atoms. The Morgan fingerprint density at radius 3 is 2.88 bits per heavy atom. The van der Waals surface area contributed by atoms with E-state index in [-0.39, 0.29) is 6.09 Å². The summed E-state index contributed by atoms with van der Waals surface area (Å²) < 4.78 is 6.73. The normalized spacial score (nSPS) is 14.3. The van der Waals surface area contributed by atoms with E-state index in [0.29, 0.717) is 19.7 Å². The number of amides is 1. The molecule has 8 heteroatoms. The summed E-state index contributed by atoms with van der Waals surface area (Å²) >= 11 is 1.59. The SMILES string of the molecule is O=C1OCCN1CCSc1ncnc2c1cnn2-c1ccccc1. The van der Waals surface area contributed by atoms with Crippen LogP contribution in [0.3, 0.4) is 0 Å². The third kappa shape index (κ3) is 2.80. The van der Waals surface area contributed by atoms with Gasteiger partial charge in [-0.2, -0.15) is 5.10 Å². The molecule has 3 heterocycles. The maximum atomic E-state index is 11.4. The fourth-order valence-electron chi connectivity index (χ4n) is 2.58. The number of rotatable bonds is 5. The van der Waals surface area contributed by atoms with Gasteiger partial charge in [-0.1, -0.05) is 18.2 Å². The number of ether oxygens (including phenoxy) is 1. The molecule has 1 saturated heterocycles. The molecule has 24 heavy (non-hydrogen) atoms. The lowest BCUT2D eigenvalue weighted by Gasteiger charge is -2.11. The molecule has 122 valence electrons. The summed E-state index contributed by atoms with van der Waals surface area (Å²) in [4.78, 5) is 21.9. The zero-order chi connectivity index (χ0) is 16.4. The fourth-order valence-corrected chi connectivity index (χ4v) is 3.50. The van der Waals surface area contributed by atoms with Crippen LogP contribution in [0, 0.1) is 0 Å². The van der Waals surface area contributed by atoms with Crippen LogP contribution in [0.5, 0.6) is 0 Å².